The van der Waals surface area contributed by atoms with Crippen molar-refractivity contribution in [3.63, 3.8) is 0 Å². The molecule has 5 nitrogen and oxygen atoms in total. The molecule has 0 bridgehead atoms. The summed E-state index contributed by atoms with van der Waals surface area (Å²) in [7, 11) is 1.50. The fourth-order valence-corrected chi connectivity index (χ4v) is 2.56. The molecule has 0 saturated carbocycles. The van der Waals surface area contributed by atoms with Crippen LogP contribution in [0.15, 0.2) is 48.5 Å². The minimum Gasteiger partial charge on any atom is -0.497 e. The highest BCUT2D eigenvalue weighted by atomic mass is 19.4. The fourth-order valence-electron chi connectivity index (χ4n) is 2.56. The number of carbonyl (C=O) groups is 1. The Morgan fingerprint density at radius 3 is 2.48 bits per heavy atom. The third kappa shape index (κ3) is 3.94. The summed E-state index contributed by atoms with van der Waals surface area (Å²) < 4.78 is 43.3. The van der Waals surface area contributed by atoms with Gasteiger partial charge in [-0.1, -0.05) is 18.2 Å². The Labute approximate surface area is 153 Å². The van der Waals surface area contributed by atoms with Gasteiger partial charge in [0, 0.05) is 11.1 Å². The first kappa shape index (κ1) is 18.5. The molecule has 0 aliphatic carbocycles. The van der Waals surface area contributed by atoms with E-state index in [1.807, 2.05) is 0 Å². The minimum atomic E-state index is -4.41. The Kier molecular flexibility index (Phi) is 4.89. The predicted octanol–water partition coefficient (Wildman–Crippen LogP) is 4.66. The molecule has 0 spiro atoms. The van der Waals surface area contributed by atoms with Gasteiger partial charge in [0.05, 0.1) is 24.1 Å². The molecule has 1 heterocycles. The smallest absolute Gasteiger partial charge is 0.416 e. The summed E-state index contributed by atoms with van der Waals surface area (Å²) in [4.78, 5) is 12.5. The van der Waals surface area contributed by atoms with E-state index < -0.39 is 11.7 Å². The summed E-state index contributed by atoms with van der Waals surface area (Å²) in [6.45, 7) is 1.71. The number of nitrogens with one attached hydrogen (secondary N) is 2. The van der Waals surface area contributed by atoms with Crippen molar-refractivity contribution >= 4 is 11.6 Å². The molecule has 0 fully saturated rings. The fraction of sp³-hybridized carbons (Fsp3) is 0.158. The summed E-state index contributed by atoms with van der Waals surface area (Å²) in [5.74, 6) is 0.154. The number of aromatic amines is 1. The van der Waals surface area contributed by atoms with Crippen LogP contribution in [0.5, 0.6) is 5.75 Å². The molecule has 2 N–H and O–H groups in total. The zero-order valence-electron chi connectivity index (χ0n) is 14.5. The molecule has 1 amide bonds. The third-order valence-corrected chi connectivity index (χ3v) is 4.00. The number of amides is 1. The van der Waals surface area contributed by atoms with Crippen LogP contribution in [0.2, 0.25) is 0 Å². The Hall–Kier alpha value is -3.29. The first-order chi connectivity index (χ1) is 12.8. The monoisotopic (exact) mass is 375 g/mol. The van der Waals surface area contributed by atoms with Crippen LogP contribution in [-0.2, 0) is 6.18 Å². The highest BCUT2D eigenvalue weighted by molar-refractivity contribution is 6.06. The van der Waals surface area contributed by atoms with Crippen LogP contribution < -0.4 is 10.1 Å². The van der Waals surface area contributed by atoms with Crippen LogP contribution in [0.25, 0.3) is 11.3 Å². The summed E-state index contributed by atoms with van der Waals surface area (Å²) >= 11 is 0. The van der Waals surface area contributed by atoms with E-state index in [-0.39, 0.29) is 5.91 Å². The Balaban J connectivity index is 1.89. The molecule has 0 unspecified atom stereocenters. The van der Waals surface area contributed by atoms with Crippen LogP contribution in [0.3, 0.4) is 0 Å². The second-order valence-electron chi connectivity index (χ2n) is 5.83. The maximum Gasteiger partial charge on any atom is 0.416 e. The zero-order chi connectivity index (χ0) is 19.6. The van der Waals surface area contributed by atoms with E-state index in [0.717, 1.165) is 12.1 Å². The van der Waals surface area contributed by atoms with Crippen LogP contribution in [0.4, 0.5) is 18.9 Å². The normalized spacial score (nSPS) is 11.3. The largest absolute Gasteiger partial charge is 0.497 e. The van der Waals surface area contributed by atoms with Gasteiger partial charge in [-0.2, -0.15) is 18.3 Å². The highest BCUT2D eigenvalue weighted by Crippen LogP contribution is 2.33. The van der Waals surface area contributed by atoms with E-state index in [0.29, 0.717) is 34.0 Å². The van der Waals surface area contributed by atoms with Crippen molar-refractivity contribution in [1.29, 1.82) is 0 Å². The second-order valence-corrected chi connectivity index (χ2v) is 5.83. The molecule has 3 aromatic rings. The molecule has 140 valence electrons. The molecule has 0 aliphatic heterocycles. The van der Waals surface area contributed by atoms with Gasteiger partial charge >= 0.3 is 6.18 Å². The van der Waals surface area contributed by atoms with Crippen molar-refractivity contribution < 1.29 is 22.7 Å². The van der Waals surface area contributed by atoms with Gasteiger partial charge in [0.2, 0.25) is 0 Å². The van der Waals surface area contributed by atoms with Crippen molar-refractivity contribution in [2.24, 2.45) is 0 Å². The van der Waals surface area contributed by atoms with Crippen LogP contribution >= 0.6 is 0 Å². The number of nitrogens with zero attached hydrogens (tertiary/aromatic N) is 1. The van der Waals surface area contributed by atoms with Gasteiger partial charge in [0.25, 0.3) is 5.91 Å². The number of aryl methyl sites for hydroxylation is 1. The van der Waals surface area contributed by atoms with E-state index in [9.17, 15) is 18.0 Å². The lowest BCUT2D eigenvalue weighted by Crippen LogP contribution is -2.13. The summed E-state index contributed by atoms with van der Waals surface area (Å²) in [5, 5.41) is 9.62. The highest BCUT2D eigenvalue weighted by Gasteiger charge is 2.30. The third-order valence-electron chi connectivity index (χ3n) is 4.00. The van der Waals surface area contributed by atoms with E-state index in [4.69, 9.17) is 4.74 Å². The molecule has 8 heteroatoms. The van der Waals surface area contributed by atoms with Gasteiger partial charge in [-0.3, -0.25) is 9.89 Å². The number of hydrogen-bond donors (Lipinski definition) is 2. The average Bonchev–Trinajstić information content (AvgIpc) is 3.01. The van der Waals surface area contributed by atoms with Crippen molar-refractivity contribution in [3.8, 4) is 17.0 Å². The van der Waals surface area contributed by atoms with Crippen molar-refractivity contribution in [1.82, 2.24) is 10.2 Å². The molecule has 0 aliphatic rings. The molecule has 0 atom stereocenters. The maximum atomic E-state index is 12.7. The van der Waals surface area contributed by atoms with Crippen molar-refractivity contribution in [2.45, 2.75) is 13.1 Å². The lowest BCUT2D eigenvalue weighted by Gasteiger charge is -2.10. The Morgan fingerprint density at radius 1 is 1.15 bits per heavy atom. The molecule has 3 rings (SSSR count). The molecule has 1 aromatic heterocycles. The number of ether oxygens (including phenoxy) is 1. The van der Waals surface area contributed by atoms with Gasteiger partial charge in [0.1, 0.15) is 11.4 Å². The number of anilines is 1. The van der Waals surface area contributed by atoms with Gasteiger partial charge < -0.3 is 10.1 Å². The average molecular weight is 375 g/mol. The maximum absolute atomic E-state index is 12.7. The lowest BCUT2D eigenvalue weighted by atomic mass is 10.1. The Morgan fingerprint density at radius 2 is 1.85 bits per heavy atom. The topological polar surface area (TPSA) is 67.0 Å². The predicted molar refractivity (Wildman–Crippen MR) is 94.7 cm³/mol. The lowest BCUT2D eigenvalue weighted by molar-refractivity contribution is -0.137. The van der Waals surface area contributed by atoms with Gasteiger partial charge in [0.15, 0.2) is 0 Å². The number of halogens is 3. The minimum absolute atomic E-state index is 0.359. The number of rotatable bonds is 4. The quantitative estimate of drug-likeness (QED) is 0.697. The number of carbonyl (C=O) groups excluding carboxylic acids is 1. The molecule has 2 aromatic carbocycles. The van der Waals surface area contributed by atoms with E-state index in [2.05, 4.69) is 15.5 Å². The number of benzene rings is 2. The van der Waals surface area contributed by atoms with Gasteiger partial charge in [-0.05, 0) is 37.3 Å². The van der Waals surface area contributed by atoms with E-state index in [1.54, 1.807) is 31.2 Å². The Bertz CT molecular complexity index is 963. The van der Waals surface area contributed by atoms with E-state index in [1.165, 1.54) is 19.2 Å². The second kappa shape index (κ2) is 7.14. The van der Waals surface area contributed by atoms with Crippen molar-refractivity contribution in [2.75, 3.05) is 12.4 Å². The standard InChI is InChI=1S/C19H16F3N3O2/c1-11-16(23-18(26)13-4-3-5-15(10-13)27-2)17(25-24-11)12-6-8-14(9-7-12)19(20,21)22/h3-10H,1-2H3,(H,23,26)(H,24,25). The molecule has 27 heavy (non-hydrogen) atoms. The number of aromatic nitrogens is 2. The summed E-state index contributed by atoms with van der Waals surface area (Å²) in [6.07, 6.45) is -4.41. The van der Waals surface area contributed by atoms with Crippen LogP contribution in [0, 0.1) is 6.92 Å². The molecule has 0 saturated heterocycles. The van der Waals surface area contributed by atoms with Crippen molar-refractivity contribution in [3.05, 3.63) is 65.4 Å². The first-order valence-corrected chi connectivity index (χ1v) is 7.97. The molecular formula is C19H16F3N3O2. The van der Waals surface area contributed by atoms with Crippen LogP contribution in [0.1, 0.15) is 21.6 Å². The molecule has 0 radical (unpaired) electrons. The van der Waals surface area contributed by atoms with Gasteiger partial charge in [-0.25, -0.2) is 0 Å². The first-order valence-electron chi connectivity index (χ1n) is 7.97. The number of alkyl halides is 3. The van der Waals surface area contributed by atoms with Crippen LogP contribution in [-0.4, -0.2) is 23.2 Å². The summed E-state index contributed by atoms with van der Waals surface area (Å²) in [6, 6.07) is 11.2. The number of hydrogen-bond acceptors (Lipinski definition) is 3. The molecular weight excluding hydrogens is 359 g/mol. The summed E-state index contributed by atoms with van der Waals surface area (Å²) in [5.41, 5.74) is 1.43. The number of methoxy groups -OCH3 is 1. The number of H-pyrrole nitrogens is 1. The zero-order valence-corrected chi connectivity index (χ0v) is 14.5. The van der Waals surface area contributed by atoms with Gasteiger partial charge in [-0.15, -0.1) is 0 Å². The SMILES string of the molecule is COc1cccc(C(=O)Nc2c(-c3ccc(C(F)(F)F)cc3)n[nH]c2C)c1. The van der Waals surface area contributed by atoms with E-state index >= 15 is 0 Å².